The minimum atomic E-state index is -3.81. The number of aromatic amines is 1. The van der Waals surface area contributed by atoms with E-state index in [1.54, 1.807) is 24.4 Å². The molecule has 1 amide bonds. The fourth-order valence-electron chi connectivity index (χ4n) is 3.03. The second kappa shape index (κ2) is 8.17. The molecule has 2 aromatic carbocycles. The highest BCUT2D eigenvalue weighted by Gasteiger charge is 2.18. The van der Waals surface area contributed by atoms with Crippen LogP contribution in [0.5, 0.6) is 0 Å². The van der Waals surface area contributed by atoms with Gasteiger partial charge in [0.25, 0.3) is 5.91 Å². The molecule has 4 rings (SSSR count). The van der Waals surface area contributed by atoms with Crippen molar-refractivity contribution in [1.82, 2.24) is 20.5 Å². The normalized spacial score (nSPS) is 12.0. The smallest absolute Gasteiger partial charge is 0.253 e. The summed E-state index contributed by atoms with van der Waals surface area (Å²) in [6.45, 7) is 0.200. The third-order valence-electron chi connectivity index (χ3n) is 4.80. The predicted molar refractivity (Wildman–Crippen MR) is 117 cm³/mol. The summed E-state index contributed by atoms with van der Waals surface area (Å²) in [5.74, 6) is -0.316. The molecule has 0 spiro atoms. The van der Waals surface area contributed by atoms with Gasteiger partial charge < -0.3 is 5.32 Å². The second-order valence-corrected chi connectivity index (χ2v) is 11.1. The van der Waals surface area contributed by atoms with Crippen LogP contribution in [0.3, 0.4) is 0 Å². The molecule has 11 heteroatoms. The Bertz CT molecular complexity index is 1510. The van der Waals surface area contributed by atoms with Gasteiger partial charge in [-0.25, -0.2) is 21.8 Å². The van der Waals surface area contributed by atoms with E-state index in [0.29, 0.717) is 16.8 Å². The van der Waals surface area contributed by atoms with Crippen LogP contribution in [0.1, 0.15) is 15.9 Å². The Morgan fingerprint density at radius 3 is 2.12 bits per heavy atom. The van der Waals surface area contributed by atoms with Crippen molar-refractivity contribution in [2.45, 2.75) is 21.2 Å². The first-order chi connectivity index (χ1) is 15.1. The second-order valence-electron chi connectivity index (χ2n) is 7.11. The van der Waals surface area contributed by atoms with Crippen molar-refractivity contribution in [3.05, 3.63) is 78.1 Å². The van der Waals surface area contributed by atoms with Crippen LogP contribution in [0.2, 0.25) is 0 Å². The van der Waals surface area contributed by atoms with Crippen LogP contribution < -0.4 is 5.32 Å². The molecule has 0 bridgehead atoms. The molecule has 32 heavy (non-hydrogen) atoms. The lowest BCUT2D eigenvalue weighted by Gasteiger charge is -2.08. The number of hydrogen-bond acceptors (Lipinski definition) is 7. The number of H-pyrrole nitrogens is 1. The molecular formula is C21H18N4O5S2. The molecule has 0 aliphatic heterocycles. The van der Waals surface area contributed by atoms with E-state index in [1.165, 1.54) is 42.6 Å². The molecule has 0 saturated carbocycles. The van der Waals surface area contributed by atoms with Gasteiger partial charge >= 0.3 is 0 Å². The summed E-state index contributed by atoms with van der Waals surface area (Å²) in [5.41, 5.74) is 1.68. The zero-order chi connectivity index (χ0) is 22.9. The number of benzene rings is 2. The van der Waals surface area contributed by atoms with Crippen molar-refractivity contribution < 1.29 is 21.6 Å². The van der Waals surface area contributed by atoms with Crippen molar-refractivity contribution >= 4 is 36.6 Å². The Kier molecular flexibility index (Phi) is 5.53. The third-order valence-corrected chi connectivity index (χ3v) is 7.72. The molecule has 2 heterocycles. The summed E-state index contributed by atoms with van der Waals surface area (Å²) < 4.78 is 48.7. The maximum atomic E-state index is 12.8. The van der Waals surface area contributed by atoms with E-state index in [1.807, 2.05) is 0 Å². The molecule has 0 fully saturated rings. The van der Waals surface area contributed by atoms with E-state index in [4.69, 9.17) is 0 Å². The summed E-state index contributed by atoms with van der Waals surface area (Å²) in [6.07, 6.45) is 4.08. The number of fused-ring (bicyclic) bond motifs is 1. The molecule has 0 unspecified atom stereocenters. The topological polar surface area (TPSA) is 139 Å². The maximum absolute atomic E-state index is 12.8. The fraction of sp³-hybridized carbons (Fsp3) is 0.0952. The van der Waals surface area contributed by atoms with Crippen LogP contribution in [0.25, 0.3) is 11.0 Å². The first kappa shape index (κ1) is 21.7. The van der Waals surface area contributed by atoms with Crippen LogP contribution in [0.4, 0.5) is 0 Å². The highest BCUT2D eigenvalue weighted by Crippen LogP contribution is 2.23. The van der Waals surface area contributed by atoms with Crippen molar-refractivity contribution in [3.8, 4) is 0 Å². The number of nitrogens with zero attached hydrogens (tertiary/aromatic N) is 2. The zero-order valence-electron chi connectivity index (χ0n) is 16.8. The van der Waals surface area contributed by atoms with Crippen LogP contribution in [0, 0.1) is 0 Å². The van der Waals surface area contributed by atoms with Gasteiger partial charge in [0.2, 0.25) is 9.84 Å². The summed E-state index contributed by atoms with van der Waals surface area (Å²) in [6, 6.07) is 12.8. The van der Waals surface area contributed by atoms with Crippen molar-refractivity contribution in [2.24, 2.45) is 0 Å². The van der Waals surface area contributed by atoms with E-state index in [-0.39, 0.29) is 27.1 Å². The van der Waals surface area contributed by atoms with Gasteiger partial charge in [-0.3, -0.25) is 9.89 Å². The lowest BCUT2D eigenvalue weighted by molar-refractivity contribution is 0.0950. The predicted octanol–water partition coefficient (Wildman–Crippen LogP) is 2.12. The molecular weight excluding hydrogens is 452 g/mol. The van der Waals surface area contributed by atoms with Gasteiger partial charge in [-0.05, 0) is 48.0 Å². The Morgan fingerprint density at radius 2 is 1.50 bits per heavy atom. The van der Waals surface area contributed by atoms with Gasteiger partial charge in [0.05, 0.1) is 26.4 Å². The Balaban J connectivity index is 1.45. The Hall–Kier alpha value is -3.57. The number of sulfone groups is 2. The maximum Gasteiger partial charge on any atom is 0.253 e. The van der Waals surface area contributed by atoms with Gasteiger partial charge in [-0.1, -0.05) is 12.1 Å². The van der Waals surface area contributed by atoms with Gasteiger partial charge in [0.15, 0.2) is 15.5 Å². The minimum absolute atomic E-state index is 0.00640. The van der Waals surface area contributed by atoms with Crippen LogP contribution in [0.15, 0.2) is 81.7 Å². The standard InChI is InChI=1S/C21H18N4O5S2/c1-31(27,28)17-6-8-19(9-7-17)32(29,30)18-4-2-14(3-5-18)11-23-21(26)16-10-15-13-24-25-20(15)22-12-16/h2-10,12-13H,11H2,1H3,(H,23,26)(H,22,24,25). The van der Waals surface area contributed by atoms with Crippen LogP contribution in [-0.2, 0) is 26.2 Å². The number of carbonyl (C=O) groups excluding carboxylic acids is 1. The molecule has 0 aliphatic rings. The van der Waals surface area contributed by atoms with Crippen LogP contribution >= 0.6 is 0 Å². The summed E-state index contributed by atoms with van der Waals surface area (Å²) in [5, 5.41) is 10.1. The van der Waals surface area contributed by atoms with Gasteiger partial charge in [-0.15, -0.1) is 0 Å². The SMILES string of the molecule is CS(=O)(=O)c1ccc(S(=O)(=O)c2ccc(CNC(=O)c3cnc4[nH]ncc4c3)cc2)cc1. The minimum Gasteiger partial charge on any atom is -0.348 e. The first-order valence-corrected chi connectivity index (χ1v) is 12.7. The molecule has 0 atom stereocenters. The molecule has 0 radical (unpaired) electrons. The lowest BCUT2D eigenvalue weighted by atomic mass is 10.2. The average molecular weight is 471 g/mol. The number of rotatable bonds is 6. The summed E-state index contributed by atoms with van der Waals surface area (Å²) in [7, 11) is -7.22. The number of carbonyl (C=O) groups is 1. The fourth-order valence-corrected chi connectivity index (χ4v) is 4.93. The average Bonchev–Trinajstić information content (AvgIpc) is 3.25. The lowest BCUT2D eigenvalue weighted by Crippen LogP contribution is -2.22. The van der Waals surface area contributed by atoms with E-state index < -0.39 is 19.7 Å². The molecule has 164 valence electrons. The number of nitrogens with one attached hydrogen (secondary N) is 2. The third kappa shape index (κ3) is 4.39. The number of pyridine rings is 1. The summed E-state index contributed by atoms with van der Waals surface area (Å²) in [4.78, 5) is 16.6. The quantitative estimate of drug-likeness (QED) is 0.440. The van der Waals surface area contributed by atoms with Gasteiger partial charge in [0.1, 0.15) is 0 Å². The number of aromatic nitrogens is 3. The van der Waals surface area contributed by atoms with E-state index in [2.05, 4.69) is 20.5 Å². The van der Waals surface area contributed by atoms with E-state index in [9.17, 15) is 21.6 Å². The van der Waals surface area contributed by atoms with Crippen molar-refractivity contribution in [3.63, 3.8) is 0 Å². The van der Waals surface area contributed by atoms with E-state index in [0.717, 1.165) is 11.6 Å². The molecule has 2 N–H and O–H groups in total. The molecule has 0 aliphatic carbocycles. The largest absolute Gasteiger partial charge is 0.348 e. The first-order valence-electron chi connectivity index (χ1n) is 9.36. The van der Waals surface area contributed by atoms with Crippen LogP contribution in [-0.4, -0.2) is 44.2 Å². The zero-order valence-corrected chi connectivity index (χ0v) is 18.4. The highest BCUT2D eigenvalue weighted by molar-refractivity contribution is 7.91. The monoisotopic (exact) mass is 470 g/mol. The summed E-state index contributed by atoms with van der Waals surface area (Å²) >= 11 is 0. The molecule has 9 nitrogen and oxygen atoms in total. The number of hydrogen-bond donors (Lipinski definition) is 2. The Labute approximate surface area is 184 Å². The Morgan fingerprint density at radius 1 is 0.906 bits per heavy atom. The van der Waals surface area contributed by atoms with Crippen molar-refractivity contribution in [2.75, 3.05) is 6.26 Å². The number of amides is 1. The molecule has 2 aromatic heterocycles. The highest BCUT2D eigenvalue weighted by atomic mass is 32.2. The molecule has 4 aromatic rings. The molecule has 0 saturated heterocycles. The van der Waals surface area contributed by atoms with Gasteiger partial charge in [-0.2, -0.15) is 5.10 Å². The van der Waals surface area contributed by atoms with Crippen molar-refractivity contribution in [1.29, 1.82) is 0 Å². The van der Waals surface area contributed by atoms with E-state index >= 15 is 0 Å². The van der Waals surface area contributed by atoms with Gasteiger partial charge in [0, 0.05) is 24.4 Å².